The van der Waals surface area contributed by atoms with Crippen molar-refractivity contribution in [2.75, 3.05) is 19.7 Å². The minimum Gasteiger partial charge on any atom is -0.445 e. The van der Waals surface area contributed by atoms with Crippen molar-refractivity contribution in [1.29, 1.82) is 0 Å². The highest BCUT2D eigenvalue weighted by Gasteiger charge is 2.25. The molecule has 1 fully saturated rings. The second kappa shape index (κ2) is 8.00. The Hall–Kier alpha value is -1.59. The van der Waals surface area contributed by atoms with Crippen LogP contribution >= 0.6 is 0 Å². The Morgan fingerprint density at radius 1 is 1.29 bits per heavy atom. The summed E-state index contributed by atoms with van der Waals surface area (Å²) in [6.07, 6.45) is 1.37. The van der Waals surface area contributed by atoms with Crippen LogP contribution in [0.25, 0.3) is 0 Å². The minimum atomic E-state index is -0.647. The van der Waals surface area contributed by atoms with Crippen molar-refractivity contribution in [3.05, 3.63) is 35.9 Å². The summed E-state index contributed by atoms with van der Waals surface area (Å²) in [5.41, 5.74) is 0.979. The van der Waals surface area contributed by atoms with Gasteiger partial charge in [-0.05, 0) is 30.7 Å². The number of carbonyl (C=O) groups is 1. The van der Waals surface area contributed by atoms with Gasteiger partial charge in [0.05, 0.1) is 12.7 Å². The molecule has 116 valence electrons. The molecule has 1 saturated heterocycles. The SMILES string of the molecule is O=C(OCc1ccccc1)N1CCC(C[C@H](O)CO)CC1. The molecular weight excluding hydrogens is 270 g/mol. The van der Waals surface area contributed by atoms with Gasteiger partial charge in [-0.25, -0.2) is 4.79 Å². The van der Waals surface area contributed by atoms with Crippen LogP contribution in [0, 0.1) is 5.92 Å². The number of piperidine rings is 1. The Balaban J connectivity index is 1.70. The number of hydrogen-bond donors (Lipinski definition) is 2. The topological polar surface area (TPSA) is 70.0 Å². The number of aliphatic hydroxyl groups excluding tert-OH is 2. The summed E-state index contributed by atoms with van der Waals surface area (Å²) >= 11 is 0. The molecule has 5 heteroatoms. The summed E-state index contributed by atoms with van der Waals surface area (Å²) in [6, 6.07) is 9.62. The van der Waals surface area contributed by atoms with Crippen molar-refractivity contribution < 1.29 is 19.7 Å². The first-order valence-corrected chi connectivity index (χ1v) is 7.43. The molecule has 1 aliphatic rings. The van der Waals surface area contributed by atoms with Crippen LogP contribution in [0.15, 0.2) is 30.3 Å². The Labute approximate surface area is 125 Å². The van der Waals surface area contributed by atoms with Crippen LogP contribution in [0.2, 0.25) is 0 Å². The van der Waals surface area contributed by atoms with E-state index < -0.39 is 6.10 Å². The van der Waals surface area contributed by atoms with Crippen LogP contribution in [0.5, 0.6) is 0 Å². The van der Waals surface area contributed by atoms with E-state index in [9.17, 15) is 9.90 Å². The number of rotatable bonds is 5. The van der Waals surface area contributed by atoms with Gasteiger partial charge in [-0.15, -0.1) is 0 Å². The van der Waals surface area contributed by atoms with Gasteiger partial charge in [-0.3, -0.25) is 0 Å². The lowest BCUT2D eigenvalue weighted by molar-refractivity contribution is 0.0522. The zero-order chi connectivity index (χ0) is 15.1. The summed E-state index contributed by atoms with van der Waals surface area (Å²) in [5.74, 6) is 0.366. The van der Waals surface area contributed by atoms with Crippen molar-refractivity contribution in [2.45, 2.75) is 32.0 Å². The van der Waals surface area contributed by atoms with Crippen molar-refractivity contribution in [3.8, 4) is 0 Å². The molecular formula is C16H23NO4. The first-order valence-electron chi connectivity index (χ1n) is 7.43. The van der Waals surface area contributed by atoms with Crippen LogP contribution < -0.4 is 0 Å². The fourth-order valence-corrected chi connectivity index (χ4v) is 2.62. The third-order valence-corrected chi connectivity index (χ3v) is 3.89. The van der Waals surface area contributed by atoms with Crippen molar-refractivity contribution >= 4 is 6.09 Å². The lowest BCUT2D eigenvalue weighted by Gasteiger charge is -2.32. The first-order chi connectivity index (χ1) is 10.2. The second-order valence-electron chi connectivity index (χ2n) is 5.54. The quantitative estimate of drug-likeness (QED) is 0.868. The lowest BCUT2D eigenvalue weighted by atomic mass is 9.91. The maximum absolute atomic E-state index is 12.0. The van der Waals surface area contributed by atoms with Gasteiger partial charge in [-0.1, -0.05) is 30.3 Å². The standard InChI is InChI=1S/C16H23NO4/c18-11-15(19)10-13-6-8-17(9-7-13)16(20)21-12-14-4-2-1-3-5-14/h1-5,13,15,18-19H,6-12H2/t15-/m0/s1. The number of benzene rings is 1. The Morgan fingerprint density at radius 2 is 1.95 bits per heavy atom. The fraction of sp³-hybridized carbons (Fsp3) is 0.562. The van der Waals surface area contributed by atoms with Gasteiger partial charge in [0.25, 0.3) is 0 Å². The maximum Gasteiger partial charge on any atom is 0.410 e. The number of aliphatic hydroxyl groups is 2. The molecule has 0 saturated carbocycles. The molecule has 1 heterocycles. The zero-order valence-corrected chi connectivity index (χ0v) is 12.1. The summed E-state index contributed by atoms with van der Waals surface area (Å²) in [7, 11) is 0. The number of hydrogen-bond acceptors (Lipinski definition) is 4. The molecule has 21 heavy (non-hydrogen) atoms. The third-order valence-electron chi connectivity index (χ3n) is 3.89. The monoisotopic (exact) mass is 293 g/mol. The summed E-state index contributed by atoms with van der Waals surface area (Å²) < 4.78 is 5.30. The second-order valence-corrected chi connectivity index (χ2v) is 5.54. The van der Waals surface area contributed by atoms with Gasteiger partial charge in [0.1, 0.15) is 6.61 Å². The molecule has 1 aromatic carbocycles. The van der Waals surface area contributed by atoms with Crippen LogP contribution in [-0.2, 0) is 11.3 Å². The molecule has 0 spiro atoms. The van der Waals surface area contributed by atoms with Crippen LogP contribution in [-0.4, -0.2) is 47.0 Å². The average molecular weight is 293 g/mol. The number of carbonyl (C=O) groups excluding carboxylic acids is 1. The van der Waals surface area contributed by atoms with Gasteiger partial charge in [-0.2, -0.15) is 0 Å². The predicted octanol–water partition coefficient (Wildman–Crippen LogP) is 1.78. The molecule has 1 amide bonds. The van der Waals surface area contributed by atoms with Gasteiger partial charge < -0.3 is 19.8 Å². The van der Waals surface area contributed by atoms with Gasteiger partial charge in [0, 0.05) is 13.1 Å². The van der Waals surface area contributed by atoms with E-state index in [0.717, 1.165) is 18.4 Å². The Morgan fingerprint density at radius 3 is 2.57 bits per heavy atom. The van der Waals surface area contributed by atoms with E-state index in [1.807, 2.05) is 30.3 Å². The van der Waals surface area contributed by atoms with Gasteiger partial charge >= 0.3 is 6.09 Å². The molecule has 1 atom stereocenters. The van der Waals surface area contributed by atoms with E-state index in [0.29, 0.717) is 32.0 Å². The first kappa shape index (κ1) is 15.8. The highest BCUT2D eigenvalue weighted by Crippen LogP contribution is 2.22. The normalized spacial score (nSPS) is 17.5. The molecule has 5 nitrogen and oxygen atoms in total. The maximum atomic E-state index is 12.0. The molecule has 0 bridgehead atoms. The predicted molar refractivity (Wildman–Crippen MR) is 78.6 cm³/mol. The Kier molecular flexibility index (Phi) is 6.02. The molecule has 0 radical (unpaired) electrons. The van der Waals surface area contributed by atoms with Crippen molar-refractivity contribution in [2.24, 2.45) is 5.92 Å². The van der Waals surface area contributed by atoms with E-state index in [2.05, 4.69) is 0 Å². The van der Waals surface area contributed by atoms with E-state index in [-0.39, 0.29) is 12.7 Å². The third kappa shape index (κ3) is 5.02. The number of ether oxygens (including phenoxy) is 1. The summed E-state index contributed by atoms with van der Waals surface area (Å²) in [6.45, 7) is 1.40. The highest BCUT2D eigenvalue weighted by molar-refractivity contribution is 5.67. The van der Waals surface area contributed by atoms with E-state index in [4.69, 9.17) is 9.84 Å². The molecule has 2 rings (SSSR count). The smallest absolute Gasteiger partial charge is 0.410 e. The highest BCUT2D eigenvalue weighted by atomic mass is 16.6. The molecule has 0 aromatic heterocycles. The van der Waals surface area contributed by atoms with Crippen LogP contribution in [0.4, 0.5) is 4.79 Å². The molecule has 2 N–H and O–H groups in total. The number of nitrogens with zero attached hydrogens (tertiary/aromatic N) is 1. The summed E-state index contributed by atoms with van der Waals surface area (Å²) in [5, 5.41) is 18.3. The summed E-state index contributed by atoms with van der Waals surface area (Å²) in [4.78, 5) is 13.7. The van der Waals surface area contributed by atoms with E-state index in [1.165, 1.54) is 0 Å². The van der Waals surface area contributed by atoms with Crippen LogP contribution in [0.1, 0.15) is 24.8 Å². The van der Waals surface area contributed by atoms with Crippen LogP contribution in [0.3, 0.4) is 0 Å². The number of amides is 1. The van der Waals surface area contributed by atoms with E-state index >= 15 is 0 Å². The van der Waals surface area contributed by atoms with Crippen molar-refractivity contribution in [3.63, 3.8) is 0 Å². The fourth-order valence-electron chi connectivity index (χ4n) is 2.62. The lowest BCUT2D eigenvalue weighted by Crippen LogP contribution is -2.39. The van der Waals surface area contributed by atoms with Crippen molar-refractivity contribution in [1.82, 2.24) is 4.90 Å². The number of likely N-dealkylation sites (tertiary alicyclic amines) is 1. The molecule has 0 aliphatic carbocycles. The molecule has 1 aromatic rings. The zero-order valence-electron chi connectivity index (χ0n) is 12.1. The largest absolute Gasteiger partial charge is 0.445 e. The average Bonchev–Trinajstić information content (AvgIpc) is 2.54. The van der Waals surface area contributed by atoms with E-state index in [1.54, 1.807) is 4.90 Å². The Bertz CT molecular complexity index is 429. The molecule has 0 unspecified atom stereocenters. The van der Waals surface area contributed by atoms with Gasteiger partial charge in [0.2, 0.25) is 0 Å². The van der Waals surface area contributed by atoms with Gasteiger partial charge in [0.15, 0.2) is 0 Å². The molecule has 1 aliphatic heterocycles. The minimum absolute atomic E-state index is 0.195.